The minimum atomic E-state index is -0.558. The third-order valence-electron chi connectivity index (χ3n) is 4.58. The predicted molar refractivity (Wildman–Crippen MR) is 125 cm³/mol. The summed E-state index contributed by atoms with van der Waals surface area (Å²) >= 11 is 12.4. The van der Waals surface area contributed by atoms with E-state index in [1.54, 1.807) is 48.5 Å². The average Bonchev–Trinajstić information content (AvgIpc) is 2.79. The monoisotopic (exact) mass is 461 g/mol. The average molecular weight is 462 g/mol. The summed E-state index contributed by atoms with van der Waals surface area (Å²) in [5, 5.41) is 22.1. The lowest BCUT2D eigenvalue weighted by Crippen LogP contribution is -2.13. The van der Waals surface area contributed by atoms with Crippen LogP contribution in [0.5, 0.6) is 5.75 Å². The lowest BCUT2D eigenvalue weighted by atomic mass is 10.1. The van der Waals surface area contributed by atoms with Crippen molar-refractivity contribution in [2.75, 3.05) is 5.32 Å². The van der Waals surface area contributed by atoms with E-state index in [1.807, 2.05) is 25.1 Å². The van der Waals surface area contributed by atoms with E-state index in [4.69, 9.17) is 27.9 Å². The Morgan fingerprint density at radius 2 is 1.84 bits per heavy atom. The summed E-state index contributed by atoms with van der Waals surface area (Å²) in [6.07, 6.45) is 1.44. The van der Waals surface area contributed by atoms with Crippen molar-refractivity contribution in [3.05, 3.63) is 98.5 Å². The summed E-state index contributed by atoms with van der Waals surface area (Å²) in [5.41, 5.74) is 3.13. The number of hydrogen-bond acceptors (Lipinski definition) is 4. The molecule has 0 radical (unpaired) electrons. The smallest absolute Gasteiger partial charge is 0.266 e. The molecule has 0 aliphatic heterocycles. The van der Waals surface area contributed by atoms with Crippen LogP contribution in [-0.2, 0) is 11.4 Å². The molecule has 0 spiro atoms. The molecule has 7 heteroatoms. The quantitative estimate of drug-likeness (QED) is 0.344. The van der Waals surface area contributed by atoms with Crippen LogP contribution in [0.4, 0.5) is 5.69 Å². The number of amides is 1. The zero-order valence-corrected chi connectivity index (χ0v) is 18.5. The molecular formula is C25H17Cl2N3O2. The third-order valence-corrected chi connectivity index (χ3v) is 5.29. The van der Waals surface area contributed by atoms with Crippen molar-refractivity contribution in [1.82, 2.24) is 0 Å². The van der Waals surface area contributed by atoms with E-state index in [0.29, 0.717) is 32.6 Å². The molecule has 3 aromatic carbocycles. The number of nitriles is 2. The van der Waals surface area contributed by atoms with Crippen molar-refractivity contribution in [3.8, 4) is 17.9 Å². The second-order valence-corrected chi connectivity index (χ2v) is 7.65. The van der Waals surface area contributed by atoms with Gasteiger partial charge in [-0.2, -0.15) is 10.5 Å². The van der Waals surface area contributed by atoms with Gasteiger partial charge in [0.25, 0.3) is 5.91 Å². The van der Waals surface area contributed by atoms with Crippen LogP contribution in [0.3, 0.4) is 0 Å². The Balaban J connectivity index is 1.73. The van der Waals surface area contributed by atoms with Crippen molar-refractivity contribution >= 4 is 40.9 Å². The molecule has 0 bridgehead atoms. The largest absolute Gasteiger partial charge is 0.487 e. The highest BCUT2D eigenvalue weighted by Crippen LogP contribution is 2.28. The summed E-state index contributed by atoms with van der Waals surface area (Å²) in [5.74, 6) is -0.134. The molecule has 5 nitrogen and oxygen atoms in total. The van der Waals surface area contributed by atoms with E-state index in [0.717, 1.165) is 11.1 Å². The van der Waals surface area contributed by atoms with Gasteiger partial charge in [-0.25, -0.2) is 0 Å². The van der Waals surface area contributed by atoms with Crippen molar-refractivity contribution < 1.29 is 9.53 Å². The molecule has 0 saturated carbocycles. The van der Waals surface area contributed by atoms with E-state index in [2.05, 4.69) is 11.4 Å². The number of hydrogen-bond donors (Lipinski definition) is 1. The molecule has 0 fully saturated rings. The van der Waals surface area contributed by atoms with Crippen molar-refractivity contribution in [2.45, 2.75) is 13.5 Å². The first-order valence-corrected chi connectivity index (χ1v) is 10.3. The molecule has 0 aromatic heterocycles. The third kappa shape index (κ3) is 5.68. The van der Waals surface area contributed by atoms with Crippen molar-refractivity contribution in [2.24, 2.45) is 0 Å². The van der Waals surface area contributed by atoms with E-state index in [9.17, 15) is 15.3 Å². The molecular weight excluding hydrogens is 445 g/mol. The van der Waals surface area contributed by atoms with Gasteiger partial charge in [-0.3, -0.25) is 4.79 Å². The van der Waals surface area contributed by atoms with Crippen LogP contribution in [0.1, 0.15) is 22.3 Å². The Labute approximate surface area is 196 Å². The van der Waals surface area contributed by atoms with Gasteiger partial charge in [0, 0.05) is 16.3 Å². The molecule has 1 amide bonds. The van der Waals surface area contributed by atoms with Gasteiger partial charge in [0.05, 0.1) is 16.7 Å². The molecule has 0 saturated heterocycles. The summed E-state index contributed by atoms with van der Waals surface area (Å²) < 4.78 is 5.74. The Kier molecular flexibility index (Phi) is 7.52. The van der Waals surface area contributed by atoms with E-state index < -0.39 is 5.91 Å². The molecule has 0 atom stereocenters. The zero-order chi connectivity index (χ0) is 23.1. The summed E-state index contributed by atoms with van der Waals surface area (Å²) in [6, 6.07) is 21.2. The Hall–Kier alpha value is -3.77. The summed E-state index contributed by atoms with van der Waals surface area (Å²) in [7, 11) is 0. The number of benzene rings is 3. The first-order chi connectivity index (χ1) is 15.4. The fraction of sp³-hybridized carbons (Fsp3) is 0.0800. The molecule has 3 aromatic rings. The fourth-order valence-electron chi connectivity index (χ4n) is 2.82. The van der Waals surface area contributed by atoms with E-state index >= 15 is 0 Å². The maximum atomic E-state index is 12.5. The lowest BCUT2D eigenvalue weighted by Gasteiger charge is -2.10. The lowest BCUT2D eigenvalue weighted by molar-refractivity contribution is -0.112. The van der Waals surface area contributed by atoms with E-state index in [1.165, 1.54) is 6.08 Å². The highest BCUT2D eigenvalue weighted by Gasteiger charge is 2.12. The SMILES string of the molecule is Cc1ccc(NC(=O)/C(C#N)=C/c2ccc(OCc3ccccc3C#N)c(Cl)c2)cc1Cl. The standard InChI is InChI=1S/C25H17Cl2N3O2/c1-16-6-8-21(12-22(16)26)30-25(31)20(14-29)10-17-7-9-24(23(27)11-17)32-15-19-5-3-2-4-18(19)13-28/h2-12H,15H2,1H3,(H,30,31)/b20-10+. The van der Waals surface area contributed by atoms with Crippen LogP contribution in [-0.4, -0.2) is 5.91 Å². The van der Waals surface area contributed by atoms with Crippen molar-refractivity contribution in [1.29, 1.82) is 10.5 Å². The van der Waals surface area contributed by atoms with Crippen LogP contribution in [0.2, 0.25) is 10.0 Å². The molecule has 0 unspecified atom stereocenters. The second kappa shape index (κ2) is 10.5. The number of anilines is 1. The maximum absolute atomic E-state index is 12.5. The van der Waals surface area contributed by atoms with E-state index in [-0.39, 0.29) is 12.2 Å². The molecule has 158 valence electrons. The second-order valence-electron chi connectivity index (χ2n) is 6.84. The van der Waals surface area contributed by atoms with Crippen LogP contribution >= 0.6 is 23.2 Å². The molecule has 1 N–H and O–H groups in total. The number of carbonyl (C=O) groups is 1. The van der Waals surface area contributed by atoms with Crippen molar-refractivity contribution in [3.63, 3.8) is 0 Å². The predicted octanol–water partition coefficient (Wildman–Crippen LogP) is 6.30. The summed E-state index contributed by atoms with van der Waals surface area (Å²) in [6.45, 7) is 2.04. The first kappa shape index (κ1) is 22.9. The molecule has 0 heterocycles. The normalized spacial score (nSPS) is 10.7. The Bertz CT molecular complexity index is 1290. The van der Waals surface area contributed by atoms with Gasteiger partial charge in [0.15, 0.2) is 0 Å². The minimum absolute atomic E-state index is 0.0885. The molecule has 32 heavy (non-hydrogen) atoms. The molecule has 3 rings (SSSR count). The molecule has 0 aliphatic carbocycles. The van der Waals surface area contributed by atoms with Gasteiger partial charge in [-0.05, 0) is 54.5 Å². The number of aryl methyl sites for hydroxylation is 1. The number of rotatable bonds is 6. The summed E-state index contributed by atoms with van der Waals surface area (Å²) in [4.78, 5) is 12.5. The Morgan fingerprint density at radius 1 is 1.06 bits per heavy atom. The van der Waals surface area contributed by atoms with Gasteiger partial charge < -0.3 is 10.1 Å². The fourth-order valence-corrected chi connectivity index (χ4v) is 3.24. The highest BCUT2D eigenvalue weighted by atomic mass is 35.5. The number of ether oxygens (including phenoxy) is 1. The zero-order valence-electron chi connectivity index (χ0n) is 17.0. The Morgan fingerprint density at radius 3 is 2.53 bits per heavy atom. The maximum Gasteiger partial charge on any atom is 0.266 e. The van der Waals surface area contributed by atoms with Crippen LogP contribution in [0, 0.1) is 29.6 Å². The van der Waals surface area contributed by atoms with Crippen LogP contribution in [0.15, 0.2) is 66.2 Å². The highest BCUT2D eigenvalue weighted by molar-refractivity contribution is 6.32. The van der Waals surface area contributed by atoms with Crippen LogP contribution < -0.4 is 10.1 Å². The van der Waals surface area contributed by atoms with Gasteiger partial charge in [0.2, 0.25) is 0 Å². The topological polar surface area (TPSA) is 85.9 Å². The van der Waals surface area contributed by atoms with Crippen LogP contribution in [0.25, 0.3) is 6.08 Å². The number of carbonyl (C=O) groups excluding carboxylic acids is 1. The number of nitrogens with zero attached hydrogens (tertiary/aromatic N) is 2. The number of nitrogens with one attached hydrogen (secondary N) is 1. The van der Waals surface area contributed by atoms with Gasteiger partial charge in [0.1, 0.15) is 24.0 Å². The molecule has 0 aliphatic rings. The van der Waals surface area contributed by atoms with Gasteiger partial charge >= 0.3 is 0 Å². The van der Waals surface area contributed by atoms with Gasteiger partial charge in [-0.1, -0.05) is 53.5 Å². The first-order valence-electron chi connectivity index (χ1n) is 9.51. The number of halogens is 2. The van der Waals surface area contributed by atoms with Gasteiger partial charge in [-0.15, -0.1) is 0 Å². The minimum Gasteiger partial charge on any atom is -0.487 e.